The molecule has 5 nitrogen and oxygen atoms in total. The number of aryl methyl sites for hydroxylation is 1. The van der Waals surface area contributed by atoms with Gasteiger partial charge in [-0.25, -0.2) is 0 Å². The van der Waals surface area contributed by atoms with Gasteiger partial charge < -0.3 is 19.1 Å². The van der Waals surface area contributed by atoms with Crippen LogP contribution in [-0.4, -0.2) is 38.2 Å². The SMILES string of the molecule is COc1ccccc1CCC(=O)N1CCOc2c(cc(-c3cccs3)cc2OC)C1. The highest BCUT2D eigenvalue weighted by Gasteiger charge is 2.23. The van der Waals surface area contributed by atoms with E-state index in [1.807, 2.05) is 41.3 Å². The van der Waals surface area contributed by atoms with Crippen molar-refractivity contribution >= 4 is 17.2 Å². The zero-order valence-electron chi connectivity index (χ0n) is 17.2. The number of para-hydroxylation sites is 1. The number of hydrogen-bond donors (Lipinski definition) is 0. The van der Waals surface area contributed by atoms with E-state index in [2.05, 4.69) is 17.5 Å². The highest BCUT2D eigenvalue weighted by molar-refractivity contribution is 7.13. The molecule has 0 N–H and O–H groups in total. The van der Waals surface area contributed by atoms with Gasteiger partial charge in [0.1, 0.15) is 12.4 Å². The standard InChI is InChI=1S/C24H25NO4S/c1-27-20-7-4-3-6-17(20)9-10-23(26)25-11-12-29-24-19(16-25)14-18(15-21(24)28-2)22-8-5-13-30-22/h3-8,13-15H,9-12,16H2,1-2H3. The number of ether oxygens (including phenoxy) is 3. The Kier molecular flexibility index (Phi) is 6.23. The molecule has 0 atom stereocenters. The van der Waals surface area contributed by atoms with E-state index in [0.29, 0.717) is 38.3 Å². The van der Waals surface area contributed by atoms with Crippen LogP contribution >= 0.6 is 11.3 Å². The van der Waals surface area contributed by atoms with Crippen molar-refractivity contribution in [3.63, 3.8) is 0 Å². The Hall–Kier alpha value is -2.99. The number of methoxy groups -OCH3 is 2. The van der Waals surface area contributed by atoms with E-state index in [0.717, 1.165) is 33.1 Å². The van der Waals surface area contributed by atoms with Crippen molar-refractivity contribution in [3.05, 3.63) is 65.0 Å². The number of fused-ring (bicyclic) bond motifs is 1. The number of benzene rings is 2. The van der Waals surface area contributed by atoms with Crippen LogP contribution in [0.5, 0.6) is 17.2 Å². The molecule has 0 saturated heterocycles. The lowest BCUT2D eigenvalue weighted by atomic mass is 10.1. The molecule has 0 radical (unpaired) electrons. The molecular weight excluding hydrogens is 398 g/mol. The van der Waals surface area contributed by atoms with E-state index in [4.69, 9.17) is 14.2 Å². The minimum absolute atomic E-state index is 0.109. The van der Waals surface area contributed by atoms with E-state index in [9.17, 15) is 4.79 Å². The summed E-state index contributed by atoms with van der Waals surface area (Å²) in [6.45, 7) is 1.51. The molecule has 0 bridgehead atoms. The first-order valence-electron chi connectivity index (χ1n) is 9.97. The minimum Gasteiger partial charge on any atom is -0.496 e. The van der Waals surface area contributed by atoms with Crippen molar-refractivity contribution < 1.29 is 19.0 Å². The van der Waals surface area contributed by atoms with Crippen molar-refractivity contribution in [2.45, 2.75) is 19.4 Å². The molecule has 1 aliphatic heterocycles. The number of thiophene rings is 1. The highest BCUT2D eigenvalue weighted by atomic mass is 32.1. The molecule has 1 aliphatic rings. The predicted octanol–water partition coefficient (Wildman–Crippen LogP) is 4.79. The molecule has 2 aromatic carbocycles. The lowest BCUT2D eigenvalue weighted by molar-refractivity contribution is -0.131. The summed E-state index contributed by atoms with van der Waals surface area (Å²) in [4.78, 5) is 16.0. The molecule has 0 aliphatic carbocycles. The first-order valence-corrected chi connectivity index (χ1v) is 10.8. The topological polar surface area (TPSA) is 48.0 Å². The lowest BCUT2D eigenvalue weighted by Gasteiger charge is -2.20. The quantitative estimate of drug-likeness (QED) is 0.572. The largest absolute Gasteiger partial charge is 0.496 e. The fourth-order valence-electron chi connectivity index (χ4n) is 3.74. The fraction of sp³-hybridized carbons (Fsp3) is 0.292. The highest BCUT2D eigenvalue weighted by Crippen LogP contribution is 2.39. The van der Waals surface area contributed by atoms with Gasteiger partial charge in [0.2, 0.25) is 5.91 Å². The van der Waals surface area contributed by atoms with Crippen LogP contribution in [0.15, 0.2) is 53.9 Å². The number of amides is 1. The van der Waals surface area contributed by atoms with Crippen LogP contribution in [0.1, 0.15) is 17.5 Å². The van der Waals surface area contributed by atoms with E-state index in [1.165, 1.54) is 0 Å². The van der Waals surface area contributed by atoms with Crippen molar-refractivity contribution in [2.24, 2.45) is 0 Å². The smallest absolute Gasteiger partial charge is 0.223 e. The summed E-state index contributed by atoms with van der Waals surface area (Å²) < 4.78 is 17.0. The van der Waals surface area contributed by atoms with E-state index >= 15 is 0 Å². The maximum absolute atomic E-state index is 13.0. The summed E-state index contributed by atoms with van der Waals surface area (Å²) in [6.07, 6.45) is 1.07. The van der Waals surface area contributed by atoms with Crippen molar-refractivity contribution in [3.8, 4) is 27.7 Å². The van der Waals surface area contributed by atoms with E-state index in [1.54, 1.807) is 25.6 Å². The Morgan fingerprint density at radius 1 is 1.10 bits per heavy atom. The van der Waals surface area contributed by atoms with Crippen molar-refractivity contribution in [2.75, 3.05) is 27.4 Å². The molecule has 1 aromatic heterocycles. The molecule has 156 valence electrons. The van der Waals surface area contributed by atoms with Gasteiger partial charge in [-0.05, 0) is 47.2 Å². The van der Waals surface area contributed by atoms with Crippen LogP contribution < -0.4 is 14.2 Å². The molecule has 6 heteroatoms. The Morgan fingerprint density at radius 3 is 2.70 bits per heavy atom. The molecule has 0 unspecified atom stereocenters. The number of hydrogen-bond acceptors (Lipinski definition) is 5. The summed E-state index contributed by atoms with van der Waals surface area (Å²) in [5.74, 6) is 2.37. The molecule has 1 amide bonds. The summed E-state index contributed by atoms with van der Waals surface area (Å²) in [5, 5.41) is 2.05. The first kappa shape index (κ1) is 20.3. The maximum Gasteiger partial charge on any atom is 0.223 e. The van der Waals surface area contributed by atoms with E-state index in [-0.39, 0.29) is 5.91 Å². The third-order valence-corrected chi connectivity index (χ3v) is 6.20. The van der Waals surface area contributed by atoms with Crippen molar-refractivity contribution in [1.82, 2.24) is 4.90 Å². The predicted molar refractivity (Wildman–Crippen MR) is 119 cm³/mol. The average Bonchev–Trinajstić information content (AvgIpc) is 3.23. The molecule has 4 rings (SSSR count). The summed E-state index contributed by atoms with van der Waals surface area (Å²) in [7, 11) is 3.31. The van der Waals surface area contributed by atoms with E-state index < -0.39 is 0 Å². The normalized spacial score (nSPS) is 13.2. The van der Waals surface area contributed by atoms with Gasteiger partial charge in [-0.3, -0.25) is 4.79 Å². The minimum atomic E-state index is 0.109. The monoisotopic (exact) mass is 423 g/mol. The third-order valence-electron chi connectivity index (χ3n) is 5.28. The van der Waals surface area contributed by atoms with Gasteiger partial charge in [-0.15, -0.1) is 11.3 Å². The number of carbonyl (C=O) groups excluding carboxylic acids is 1. The van der Waals surface area contributed by atoms with Gasteiger partial charge in [0, 0.05) is 23.4 Å². The van der Waals surface area contributed by atoms with Gasteiger partial charge >= 0.3 is 0 Å². The van der Waals surface area contributed by atoms with Crippen molar-refractivity contribution in [1.29, 1.82) is 0 Å². The van der Waals surface area contributed by atoms with Gasteiger partial charge in [0.25, 0.3) is 0 Å². The summed E-state index contributed by atoms with van der Waals surface area (Å²) in [5.41, 5.74) is 3.09. The van der Waals surface area contributed by atoms with Gasteiger partial charge in [0.15, 0.2) is 11.5 Å². The molecule has 0 fully saturated rings. The third kappa shape index (κ3) is 4.28. The van der Waals surface area contributed by atoms with Gasteiger partial charge in [0.05, 0.1) is 20.8 Å². The van der Waals surface area contributed by atoms with Crippen LogP contribution in [0, 0.1) is 0 Å². The molecular formula is C24H25NO4S. The number of rotatable bonds is 6. The summed E-state index contributed by atoms with van der Waals surface area (Å²) in [6, 6.07) is 16.1. The fourth-order valence-corrected chi connectivity index (χ4v) is 4.46. The molecule has 0 spiro atoms. The summed E-state index contributed by atoms with van der Waals surface area (Å²) >= 11 is 1.68. The zero-order chi connectivity index (χ0) is 20.9. The molecule has 30 heavy (non-hydrogen) atoms. The first-order chi connectivity index (χ1) is 14.7. The van der Waals surface area contributed by atoms with Crippen LogP contribution in [0.2, 0.25) is 0 Å². The Labute approximate surface area is 180 Å². The second kappa shape index (κ2) is 9.22. The molecule has 2 heterocycles. The number of carbonyl (C=O) groups is 1. The average molecular weight is 424 g/mol. The Morgan fingerprint density at radius 2 is 1.93 bits per heavy atom. The molecule has 0 saturated carbocycles. The van der Waals surface area contributed by atoms with Crippen LogP contribution in [0.25, 0.3) is 10.4 Å². The number of nitrogens with zero attached hydrogens (tertiary/aromatic N) is 1. The Balaban J connectivity index is 1.53. The van der Waals surface area contributed by atoms with Crippen LogP contribution in [0.4, 0.5) is 0 Å². The second-order valence-corrected chi connectivity index (χ2v) is 8.07. The maximum atomic E-state index is 13.0. The lowest BCUT2D eigenvalue weighted by Crippen LogP contribution is -2.32. The van der Waals surface area contributed by atoms with Gasteiger partial charge in [-0.2, -0.15) is 0 Å². The van der Waals surface area contributed by atoms with Crippen LogP contribution in [-0.2, 0) is 17.8 Å². The second-order valence-electron chi connectivity index (χ2n) is 7.12. The molecule has 3 aromatic rings. The van der Waals surface area contributed by atoms with Crippen LogP contribution in [0.3, 0.4) is 0 Å². The zero-order valence-corrected chi connectivity index (χ0v) is 18.0. The van der Waals surface area contributed by atoms with Gasteiger partial charge in [-0.1, -0.05) is 24.3 Å². The Bertz CT molecular complexity index is 1020.